The number of hydrogen-bond acceptors (Lipinski definition) is 0. The van der Waals surface area contributed by atoms with Gasteiger partial charge in [-0.25, -0.2) is 0 Å². The highest BCUT2D eigenvalue weighted by Gasteiger charge is 1.85. The molecule has 0 heterocycles. The Balaban J connectivity index is 2.28. The predicted molar refractivity (Wildman–Crippen MR) is 58.4 cm³/mol. The summed E-state index contributed by atoms with van der Waals surface area (Å²) >= 11 is 0. The summed E-state index contributed by atoms with van der Waals surface area (Å²) < 4.78 is 0. The van der Waals surface area contributed by atoms with Crippen LogP contribution in [-0.2, 0) is 0 Å². The fourth-order valence-electron chi connectivity index (χ4n) is 1.39. The van der Waals surface area contributed by atoms with Crippen LogP contribution in [0.15, 0.2) is 30.4 Å². The van der Waals surface area contributed by atoms with E-state index in [2.05, 4.69) is 36.5 Å². The molecule has 0 atom stereocenters. The van der Waals surface area contributed by atoms with Crippen molar-refractivity contribution >= 4 is 0 Å². The smallest absolute Gasteiger partial charge is 0.0169 e. The zero-order chi connectivity index (χ0) is 9.19. The van der Waals surface area contributed by atoms with Crippen molar-refractivity contribution in [1.29, 1.82) is 0 Å². The third-order valence-corrected chi connectivity index (χ3v) is 2.17. The minimum Gasteiger partial charge on any atom is -0.0882 e. The molecule has 0 spiro atoms. The van der Waals surface area contributed by atoms with Crippen molar-refractivity contribution in [3.8, 4) is 0 Å². The van der Waals surface area contributed by atoms with E-state index in [0.29, 0.717) is 0 Å². The van der Waals surface area contributed by atoms with Gasteiger partial charge < -0.3 is 0 Å². The summed E-state index contributed by atoms with van der Waals surface area (Å²) in [6.07, 6.45) is 23.0. The highest BCUT2D eigenvalue weighted by molar-refractivity contribution is 4.93. The monoisotopic (exact) mass is 175 g/mol. The molecule has 0 saturated heterocycles. The maximum Gasteiger partial charge on any atom is -0.0169 e. The molecule has 1 radical (unpaired) electrons. The van der Waals surface area contributed by atoms with Gasteiger partial charge in [-0.05, 0) is 51.0 Å². The van der Waals surface area contributed by atoms with Crippen LogP contribution in [0, 0.1) is 6.08 Å². The van der Waals surface area contributed by atoms with E-state index in [0.717, 1.165) is 19.3 Å². The van der Waals surface area contributed by atoms with Gasteiger partial charge in [0, 0.05) is 0 Å². The molecule has 1 rings (SSSR count). The quantitative estimate of drug-likeness (QED) is 0.484. The summed E-state index contributed by atoms with van der Waals surface area (Å²) in [6.45, 7) is 0. The van der Waals surface area contributed by atoms with E-state index in [4.69, 9.17) is 0 Å². The lowest BCUT2D eigenvalue weighted by molar-refractivity contribution is 0.758. The van der Waals surface area contributed by atoms with Gasteiger partial charge in [-0.3, -0.25) is 0 Å². The lowest BCUT2D eigenvalue weighted by Crippen LogP contribution is -1.72. The first-order valence-electron chi connectivity index (χ1n) is 5.35. The van der Waals surface area contributed by atoms with E-state index in [9.17, 15) is 0 Å². The zero-order valence-electron chi connectivity index (χ0n) is 8.34. The molecular weight excluding hydrogens is 156 g/mol. The van der Waals surface area contributed by atoms with Crippen LogP contribution in [0.25, 0.3) is 0 Å². The van der Waals surface area contributed by atoms with Crippen molar-refractivity contribution in [2.75, 3.05) is 0 Å². The lowest BCUT2D eigenvalue weighted by atomic mass is 10.1. The van der Waals surface area contributed by atoms with Gasteiger partial charge >= 0.3 is 0 Å². The van der Waals surface area contributed by atoms with Crippen molar-refractivity contribution in [1.82, 2.24) is 0 Å². The minimum atomic E-state index is 1.08. The van der Waals surface area contributed by atoms with Crippen LogP contribution in [0.5, 0.6) is 0 Å². The van der Waals surface area contributed by atoms with Crippen molar-refractivity contribution in [3.05, 3.63) is 36.5 Å². The van der Waals surface area contributed by atoms with Gasteiger partial charge in [0.15, 0.2) is 0 Å². The van der Waals surface area contributed by atoms with Gasteiger partial charge in [-0.15, -0.1) is 0 Å². The van der Waals surface area contributed by atoms with Crippen LogP contribution in [-0.4, -0.2) is 0 Å². The summed E-state index contributed by atoms with van der Waals surface area (Å²) in [5.41, 5.74) is 0. The fourth-order valence-corrected chi connectivity index (χ4v) is 1.39. The molecule has 0 aliphatic heterocycles. The summed E-state index contributed by atoms with van der Waals surface area (Å²) in [5.74, 6) is 0. The maximum absolute atomic E-state index is 3.33. The van der Waals surface area contributed by atoms with Crippen LogP contribution in [0.4, 0.5) is 0 Å². The van der Waals surface area contributed by atoms with Gasteiger partial charge in [-0.2, -0.15) is 0 Å². The second-order valence-electron chi connectivity index (χ2n) is 3.41. The molecule has 0 aromatic carbocycles. The van der Waals surface area contributed by atoms with Gasteiger partial charge in [0.2, 0.25) is 0 Å². The average molecular weight is 175 g/mol. The van der Waals surface area contributed by atoms with E-state index >= 15 is 0 Å². The van der Waals surface area contributed by atoms with Crippen LogP contribution in [0.3, 0.4) is 0 Å². The zero-order valence-corrected chi connectivity index (χ0v) is 8.34. The molecule has 71 valence electrons. The Morgan fingerprint density at radius 1 is 0.769 bits per heavy atom. The van der Waals surface area contributed by atoms with Crippen LogP contribution >= 0.6 is 0 Å². The van der Waals surface area contributed by atoms with Crippen molar-refractivity contribution in [2.45, 2.75) is 44.9 Å². The first kappa shape index (κ1) is 10.3. The van der Waals surface area contributed by atoms with Crippen molar-refractivity contribution in [2.24, 2.45) is 0 Å². The number of allylic oxidation sites excluding steroid dienone is 6. The number of hydrogen-bond donors (Lipinski definition) is 0. The molecule has 0 amide bonds. The molecule has 0 aromatic heterocycles. The summed E-state index contributed by atoms with van der Waals surface area (Å²) in [7, 11) is 0. The van der Waals surface area contributed by atoms with Crippen LogP contribution in [0.2, 0.25) is 0 Å². The highest BCUT2D eigenvalue weighted by Crippen LogP contribution is 2.04. The molecule has 0 unspecified atom stereocenters. The van der Waals surface area contributed by atoms with Gasteiger partial charge in [0.05, 0.1) is 0 Å². The summed E-state index contributed by atoms with van der Waals surface area (Å²) in [4.78, 5) is 0. The Labute approximate surface area is 82.0 Å². The third-order valence-electron chi connectivity index (χ3n) is 2.17. The maximum atomic E-state index is 3.33. The molecule has 0 saturated carbocycles. The molecule has 0 bridgehead atoms. The first-order valence-corrected chi connectivity index (χ1v) is 5.35. The lowest BCUT2D eigenvalue weighted by Gasteiger charge is -1.91. The minimum absolute atomic E-state index is 1.08. The van der Waals surface area contributed by atoms with E-state index in [-0.39, 0.29) is 0 Å². The van der Waals surface area contributed by atoms with Gasteiger partial charge in [0.25, 0.3) is 0 Å². The normalized spacial score (nSPS) is 27.7. The Hall–Kier alpha value is -0.780. The fraction of sp³-hybridized carbons (Fsp3) is 0.538. The third kappa shape index (κ3) is 6.39. The first-order chi connectivity index (χ1) is 6.50. The van der Waals surface area contributed by atoms with E-state index in [1.807, 2.05) is 0 Å². The predicted octanol–water partition coefficient (Wildman–Crippen LogP) is 4.20. The summed E-state index contributed by atoms with van der Waals surface area (Å²) in [5, 5.41) is 0. The molecule has 13 heavy (non-hydrogen) atoms. The Kier molecular flexibility index (Phi) is 6.22. The summed E-state index contributed by atoms with van der Waals surface area (Å²) in [6, 6.07) is 0. The van der Waals surface area contributed by atoms with Crippen LogP contribution in [0.1, 0.15) is 44.9 Å². The molecule has 0 nitrogen and oxygen atoms in total. The number of rotatable bonds is 0. The highest BCUT2D eigenvalue weighted by atomic mass is 13.9. The second kappa shape index (κ2) is 7.85. The molecule has 0 aromatic rings. The standard InChI is InChI=1S/C13H19/c1-2-4-6-8-10-12-13-11-9-7-5-3-1/h1-2,5,7,12H,3-4,6,8-11H2/b2-1-,7-5-,13-12?. The van der Waals surface area contributed by atoms with Crippen molar-refractivity contribution < 1.29 is 0 Å². The molecule has 0 N–H and O–H groups in total. The largest absolute Gasteiger partial charge is 0.0882 e. The van der Waals surface area contributed by atoms with E-state index < -0.39 is 0 Å². The van der Waals surface area contributed by atoms with Crippen molar-refractivity contribution in [3.63, 3.8) is 0 Å². The molecule has 1 aliphatic rings. The van der Waals surface area contributed by atoms with Gasteiger partial charge in [0.1, 0.15) is 0 Å². The molecule has 1 aliphatic carbocycles. The Morgan fingerprint density at radius 3 is 2.46 bits per heavy atom. The van der Waals surface area contributed by atoms with E-state index in [1.54, 1.807) is 0 Å². The average Bonchev–Trinajstić information content (AvgIpc) is 2.18. The Morgan fingerprint density at radius 2 is 1.54 bits per heavy atom. The van der Waals surface area contributed by atoms with E-state index in [1.165, 1.54) is 25.7 Å². The topological polar surface area (TPSA) is 0 Å². The molecule has 0 fully saturated rings. The SMILES string of the molecule is [C]1=C/CCCC/C=C\C/C=C\CC/1. The molecule has 0 heteroatoms. The second-order valence-corrected chi connectivity index (χ2v) is 3.41. The molecular formula is C13H19. The van der Waals surface area contributed by atoms with Gasteiger partial charge in [-0.1, -0.05) is 30.4 Å². The Bertz CT molecular complexity index is 184. The van der Waals surface area contributed by atoms with Crippen LogP contribution < -0.4 is 0 Å².